The first-order valence-corrected chi connectivity index (χ1v) is 7.64. The molecule has 110 valence electrons. The van der Waals surface area contributed by atoms with E-state index in [4.69, 9.17) is 15.0 Å². The zero-order chi connectivity index (χ0) is 14.2. The number of nitrogens with two attached hydrogens (primary N) is 1. The quantitative estimate of drug-likeness (QED) is 0.918. The molecule has 0 bridgehead atoms. The summed E-state index contributed by atoms with van der Waals surface area (Å²) in [4.78, 5) is 4.65. The van der Waals surface area contributed by atoms with Crippen molar-refractivity contribution >= 4 is 0 Å². The fourth-order valence-electron chi connectivity index (χ4n) is 3.45. The van der Waals surface area contributed by atoms with Gasteiger partial charge in [0.2, 0.25) is 5.89 Å². The van der Waals surface area contributed by atoms with Gasteiger partial charge >= 0.3 is 0 Å². The summed E-state index contributed by atoms with van der Waals surface area (Å²) in [5.41, 5.74) is 7.27. The number of ether oxygens (including phenoxy) is 1. The molecule has 2 aromatic rings. The molecule has 3 unspecified atom stereocenters. The van der Waals surface area contributed by atoms with E-state index >= 15 is 0 Å². The molecule has 4 rings (SSSR count). The van der Waals surface area contributed by atoms with Crippen LogP contribution < -0.4 is 10.5 Å². The number of nitrogens with zero attached hydrogens (tertiary/aromatic N) is 2. The Morgan fingerprint density at radius 3 is 2.90 bits per heavy atom. The monoisotopic (exact) mass is 285 g/mol. The van der Waals surface area contributed by atoms with Gasteiger partial charge in [-0.1, -0.05) is 29.8 Å². The highest BCUT2D eigenvalue weighted by atomic mass is 16.5. The summed E-state index contributed by atoms with van der Waals surface area (Å²) in [6.07, 6.45) is 4.12. The van der Waals surface area contributed by atoms with Gasteiger partial charge in [0, 0.05) is 11.6 Å². The summed E-state index contributed by atoms with van der Waals surface area (Å²) in [6, 6.07) is 8.24. The van der Waals surface area contributed by atoms with E-state index in [-0.39, 0.29) is 17.9 Å². The van der Waals surface area contributed by atoms with Crippen LogP contribution in [0.5, 0.6) is 5.75 Å². The van der Waals surface area contributed by atoms with Crippen LogP contribution in [0.4, 0.5) is 0 Å². The van der Waals surface area contributed by atoms with Crippen LogP contribution >= 0.6 is 0 Å². The van der Waals surface area contributed by atoms with E-state index < -0.39 is 0 Å². The number of rotatable bonds is 2. The van der Waals surface area contributed by atoms with Crippen molar-refractivity contribution in [1.29, 1.82) is 0 Å². The number of aromatic nitrogens is 2. The lowest BCUT2D eigenvalue weighted by molar-refractivity contribution is 0.271. The largest absolute Gasteiger partial charge is 0.493 e. The summed E-state index contributed by atoms with van der Waals surface area (Å²) in [5.74, 6) is 2.78. The molecule has 1 aromatic carbocycles. The molecule has 0 radical (unpaired) electrons. The molecule has 1 aliphatic carbocycles. The minimum absolute atomic E-state index is 0.153. The average Bonchev–Trinajstić information content (AvgIpc) is 3.15. The van der Waals surface area contributed by atoms with E-state index in [0.29, 0.717) is 12.5 Å². The fourth-order valence-corrected chi connectivity index (χ4v) is 3.45. The predicted molar refractivity (Wildman–Crippen MR) is 77.3 cm³/mol. The number of hydrogen-bond donors (Lipinski definition) is 1. The van der Waals surface area contributed by atoms with Crippen LogP contribution in [0.25, 0.3) is 0 Å². The van der Waals surface area contributed by atoms with Gasteiger partial charge in [-0.3, -0.25) is 0 Å². The van der Waals surface area contributed by atoms with Gasteiger partial charge in [-0.05, 0) is 25.3 Å². The van der Waals surface area contributed by atoms with Gasteiger partial charge in [0.25, 0.3) is 0 Å². The second kappa shape index (κ2) is 5.15. The van der Waals surface area contributed by atoms with Crippen LogP contribution in [0.15, 0.2) is 28.8 Å². The summed E-state index contributed by atoms with van der Waals surface area (Å²) in [6.45, 7) is 0.689. The van der Waals surface area contributed by atoms with E-state index in [2.05, 4.69) is 16.2 Å². The summed E-state index contributed by atoms with van der Waals surface area (Å²) < 4.78 is 11.2. The van der Waals surface area contributed by atoms with Crippen LogP contribution in [-0.2, 0) is 0 Å². The standard InChI is InChI=1S/C16H19N3O2/c17-13-6-3-5-12(13)16-18-15(19-21-16)11-8-9-20-14-7-2-1-4-10(11)14/h1-2,4,7,11-13H,3,5-6,8-9,17H2. The molecule has 1 fully saturated rings. The highest BCUT2D eigenvalue weighted by Gasteiger charge is 2.32. The smallest absolute Gasteiger partial charge is 0.231 e. The van der Waals surface area contributed by atoms with Crippen molar-refractivity contribution in [1.82, 2.24) is 10.1 Å². The lowest BCUT2D eigenvalue weighted by Gasteiger charge is -2.23. The average molecular weight is 285 g/mol. The highest BCUT2D eigenvalue weighted by molar-refractivity contribution is 5.40. The topological polar surface area (TPSA) is 74.2 Å². The number of fused-ring (bicyclic) bond motifs is 1. The Kier molecular flexibility index (Phi) is 3.15. The van der Waals surface area contributed by atoms with Gasteiger partial charge in [-0.25, -0.2) is 0 Å². The van der Waals surface area contributed by atoms with Crippen molar-refractivity contribution in [2.75, 3.05) is 6.61 Å². The molecule has 0 saturated heterocycles. The fraction of sp³-hybridized carbons (Fsp3) is 0.500. The molecule has 5 nitrogen and oxygen atoms in total. The third-order valence-corrected chi connectivity index (χ3v) is 4.61. The van der Waals surface area contributed by atoms with Crippen molar-refractivity contribution < 1.29 is 9.26 Å². The molecule has 2 N–H and O–H groups in total. The molecular weight excluding hydrogens is 266 g/mol. The molecule has 1 aliphatic heterocycles. The van der Waals surface area contributed by atoms with Crippen molar-refractivity contribution in [2.24, 2.45) is 5.73 Å². The van der Waals surface area contributed by atoms with Crippen molar-refractivity contribution in [2.45, 2.75) is 43.6 Å². The van der Waals surface area contributed by atoms with E-state index in [1.165, 1.54) is 0 Å². The van der Waals surface area contributed by atoms with E-state index in [9.17, 15) is 0 Å². The maximum absolute atomic E-state index is 6.13. The van der Waals surface area contributed by atoms with Gasteiger partial charge in [0.05, 0.1) is 18.4 Å². The molecule has 3 atom stereocenters. The Bertz CT molecular complexity index is 640. The molecular formula is C16H19N3O2. The van der Waals surface area contributed by atoms with Crippen LogP contribution in [-0.4, -0.2) is 22.8 Å². The Balaban J connectivity index is 1.65. The van der Waals surface area contributed by atoms with Crippen molar-refractivity contribution in [3.8, 4) is 5.75 Å². The maximum Gasteiger partial charge on any atom is 0.231 e. The highest BCUT2D eigenvalue weighted by Crippen LogP contribution is 2.38. The molecule has 5 heteroatoms. The molecule has 0 amide bonds. The first-order valence-electron chi connectivity index (χ1n) is 7.64. The van der Waals surface area contributed by atoms with E-state index in [1.54, 1.807) is 0 Å². The molecule has 2 aliphatic rings. The van der Waals surface area contributed by atoms with E-state index in [0.717, 1.165) is 42.8 Å². The van der Waals surface area contributed by atoms with Gasteiger partial charge in [0.1, 0.15) is 5.75 Å². The van der Waals surface area contributed by atoms with Gasteiger partial charge < -0.3 is 15.0 Å². The van der Waals surface area contributed by atoms with Crippen molar-refractivity contribution in [3.05, 3.63) is 41.5 Å². The Morgan fingerprint density at radius 1 is 1.14 bits per heavy atom. The summed E-state index contributed by atoms with van der Waals surface area (Å²) in [5, 5.41) is 4.22. The van der Waals surface area contributed by atoms with Gasteiger partial charge in [-0.15, -0.1) is 0 Å². The number of benzene rings is 1. The summed E-state index contributed by atoms with van der Waals surface area (Å²) in [7, 11) is 0. The molecule has 1 aromatic heterocycles. The second-order valence-electron chi connectivity index (χ2n) is 5.92. The predicted octanol–water partition coefficient (Wildman–Crippen LogP) is 2.58. The third kappa shape index (κ3) is 2.21. The Hall–Kier alpha value is -1.88. The third-order valence-electron chi connectivity index (χ3n) is 4.61. The van der Waals surface area contributed by atoms with Crippen LogP contribution in [0.1, 0.15) is 54.8 Å². The maximum atomic E-state index is 6.13. The Labute approximate surface area is 123 Å². The minimum atomic E-state index is 0.153. The first-order chi connectivity index (χ1) is 10.3. The number of para-hydroxylation sites is 1. The van der Waals surface area contributed by atoms with Crippen molar-refractivity contribution in [3.63, 3.8) is 0 Å². The molecule has 0 spiro atoms. The summed E-state index contributed by atoms with van der Waals surface area (Å²) >= 11 is 0. The number of hydrogen-bond acceptors (Lipinski definition) is 5. The Morgan fingerprint density at radius 2 is 2.05 bits per heavy atom. The minimum Gasteiger partial charge on any atom is -0.493 e. The van der Waals surface area contributed by atoms with Crippen LogP contribution in [0.2, 0.25) is 0 Å². The molecule has 2 heterocycles. The normalized spacial score (nSPS) is 28.1. The van der Waals surface area contributed by atoms with Gasteiger partial charge in [-0.2, -0.15) is 4.98 Å². The van der Waals surface area contributed by atoms with Gasteiger partial charge in [0.15, 0.2) is 5.82 Å². The zero-order valence-corrected chi connectivity index (χ0v) is 11.9. The van der Waals surface area contributed by atoms with E-state index in [1.807, 2.05) is 18.2 Å². The molecule has 1 saturated carbocycles. The van der Waals surface area contributed by atoms with Crippen LogP contribution in [0.3, 0.4) is 0 Å². The first kappa shape index (κ1) is 12.8. The zero-order valence-electron chi connectivity index (χ0n) is 11.9. The second-order valence-corrected chi connectivity index (χ2v) is 5.92. The lowest BCUT2D eigenvalue weighted by Crippen LogP contribution is -2.23. The SMILES string of the molecule is NC1CCCC1c1nc(C2CCOc3ccccc32)no1. The molecule has 21 heavy (non-hydrogen) atoms. The lowest BCUT2D eigenvalue weighted by atomic mass is 9.92. The van der Waals surface area contributed by atoms with Crippen LogP contribution in [0, 0.1) is 0 Å².